The Morgan fingerprint density at radius 2 is 1.65 bits per heavy atom. The van der Waals surface area contributed by atoms with Gasteiger partial charge in [0.25, 0.3) is 0 Å². The van der Waals surface area contributed by atoms with Gasteiger partial charge in [-0.25, -0.2) is 0 Å². The minimum Gasteiger partial charge on any atom is -0.306 e. The van der Waals surface area contributed by atoms with E-state index in [9.17, 15) is 0 Å². The van der Waals surface area contributed by atoms with Crippen LogP contribution >= 0.6 is 0 Å². The van der Waals surface area contributed by atoms with Crippen molar-refractivity contribution in [1.82, 2.24) is 4.90 Å². The Morgan fingerprint density at radius 3 is 2.00 bits per heavy atom. The summed E-state index contributed by atoms with van der Waals surface area (Å²) in [7, 11) is 3.95. The molecule has 2 nitrogen and oxygen atoms in total. The molecule has 1 rings (SSSR count). The first kappa shape index (κ1) is 23.9. The molecule has 0 radical (unpaired) electrons. The van der Waals surface area contributed by atoms with E-state index in [0.29, 0.717) is 5.92 Å². The van der Waals surface area contributed by atoms with Gasteiger partial charge in [-0.15, -0.1) is 0 Å². The monoisotopic (exact) mass is 318 g/mol. The van der Waals surface area contributed by atoms with Crippen molar-refractivity contribution < 1.29 is 0 Å². The molecule has 0 aliphatic carbocycles. The van der Waals surface area contributed by atoms with Crippen molar-refractivity contribution >= 4 is 6.21 Å². The molecule has 132 valence electrons. The van der Waals surface area contributed by atoms with Crippen LogP contribution in [0.25, 0.3) is 0 Å². The normalized spacial score (nSPS) is 17.0. The topological polar surface area (TPSA) is 15.6 Å². The van der Waals surface area contributed by atoms with Crippen molar-refractivity contribution in [1.29, 1.82) is 0 Å². The van der Waals surface area contributed by atoms with Crippen molar-refractivity contribution in [3.05, 3.63) is 48.1 Å². The van der Waals surface area contributed by atoms with Crippen LogP contribution in [0.1, 0.15) is 47.5 Å². The van der Waals surface area contributed by atoms with E-state index < -0.39 is 0 Å². The van der Waals surface area contributed by atoms with Crippen molar-refractivity contribution in [2.45, 2.75) is 47.5 Å². The number of hydrogen-bond acceptors (Lipinski definition) is 2. The Hall–Kier alpha value is -1.41. The van der Waals surface area contributed by atoms with E-state index >= 15 is 0 Å². The van der Waals surface area contributed by atoms with E-state index in [0.717, 1.165) is 5.57 Å². The van der Waals surface area contributed by atoms with Crippen LogP contribution in [0.15, 0.2) is 53.1 Å². The predicted molar refractivity (Wildman–Crippen MR) is 109 cm³/mol. The molecule has 0 unspecified atom stereocenters. The Labute approximate surface area is 145 Å². The summed E-state index contributed by atoms with van der Waals surface area (Å²) in [6.07, 6.45) is 10.5. The molecule has 0 amide bonds. The van der Waals surface area contributed by atoms with Gasteiger partial charge >= 0.3 is 0 Å². The maximum Gasteiger partial charge on any atom is 0.0273 e. The molecular weight excluding hydrogens is 280 g/mol. The predicted octanol–water partition coefficient (Wildman–Crippen LogP) is 5.70. The first-order valence-corrected chi connectivity index (χ1v) is 8.71. The zero-order valence-electron chi connectivity index (χ0n) is 16.5. The summed E-state index contributed by atoms with van der Waals surface area (Å²) in [6.45, 7) is 20.4. The van der Waals surface area contributed by atoms with Crippen LogP contribution in [0.2, 0.25) is 0 Å². The molecule has 23 heavy (non-hydrogen) atoms. The third-order valence-electron chi connectivity index (χ3n) is 3.91. The van der Waals surface area contributed by atoms with E-state index in [2.05, 4.69) is 56.1 Å². The number of piperidine rings is 1. The van der Waals surface area contributed by atoms with Crippen LogP contribution in [-0.2, 0) is 0 Å². The van der Waals surface area contributed by atoms with Crippen LogP contribution in [0.3, 0.4) is 0 Å². The number of allylic oxidation sites excluding steroid dienone is 6. The Bertz CT molecular complexity index is 402. The van der Waals surface area contributed by atoms with E-state index in [-0.39, 0.29) is 0 Å². The molecule has 0 spiro atoms. The highest BCUT2D eigenvalue weighted by molar-refractivity contribution is 5.52. The Morgan fingerprint density at radius 1 is 1.17 bits per heavy atom. The summed E-state index contributed by atoms with van der Waals surface area (Å²) in [6, 6.07) is 0. The molecule has 0 aromatic carbocycles. The van der Waals surface area contributed by atoms with E-state index in [4.69, 9.17) is 0 Å². The molecule has 0 bridgehead atoms. The van der Waals surface area contributed by atoms with Gasteiger partial charge in [0.2, 0.25) is 0 Å². The molecule has 0 aromatic heterocycles. The van der Waals surface area contributed by atoms with Crippen molar-refractivity contribution in [2.24, 2.45) is 10.9 Å². The van der Waals surface area contributed by atoms with Crippen LogP contribution in [-0.4, -0.2) is 38.3 Å². The molecule has 0 N–H and O–H groups in total. The third-order valence-corrected chi connectivity index (χ3v) is 3.91. The molecule has 0 aromatic rings. The first-order chi connectivity index (χ1) is 11.0. The van der Waals surface area contributed by atoms with Gasteiger partial charge in [0.15, 0.2) is 0 Å². The summed E-state index contributed by atoms with van der Waals surface area (Å²) >= 11 is 0. The molecule has 2 heteroatoms. The number of aliphatic imine (C=N–C) groups is 1. The van der Waals surface area contributed by atoms with Crippen molar-refractivity contribution in [2.75, 3.05) is 27.2 Å². The minimum atomic E-state index is 0.680. The SMILES string of the molecule is C=CC(=C)/C=C(\C(C)=C/C)C1CCN(C)CC1.CC.CC=NC. The average Bonchev–Trinajstić information content (AvgIpc) is 2.61. The molecule has 1 fully saturated rings. The molecule has 1 aliphatic heterocycles. The fourth-order valence-electron chi connectivity index (χ4n) is 2.30. The molecule has 1 saturated heterocycles. The quantitative estimate of drug-likeness (QED) is 0.480. The highest BCUT2D eigenvalue weighted by Gasteiger charge is 2.20. The van der Waals surface area contributed by atoms with Gasteiger partial charge in [-0.2, -0.15) is 0 Å². The minimum absolute atomic E-state index is 0.680. The first-order valence-electron chi connectivity index (χ1n) is 8.71. The van der Waals surface area contributed by atoms with Crippen LogP contribution < -0.4 is 0 Å². The Balaban J connectivity index is 0. The smallest absolute Gasteiger partial charge is 0.0273 e. The highest BCUT2D eigenvalue weighted by Crippen LogP contribution is 2.29. The maximum atomic E-state index is 4.01. The Kier molecular flexibility index (Phi) is 16.1. The zero-order valence-corrected chi connectivity index (χ0v) is 16.5. The van der Waals surface area contributed by atoms with Gasteiger partial charge in [0, 0.05) is 7.05 Å². The third kappa shape index (κ3) is 10.9. The fraction of sp³-hybridized carbons (Fsp3) is 0.571. The van der Waals surface area contributed by atoms with Gasteiger partial charge in [-0.05, 0) is 77.0 Å². The van der Waals surface area contributed by atoms with Crippen LogP contribution in [0.4, 0.5) is 0 Å². The average molecular weight is 319 g/mol. The molecular formula is C21H38N2. The maximum absolute atomic E-state index is 4.01. The molecule has 1 aliphatic rings. The molecule has 0 atom stereocenters. The second-order valence-electron chi connectivity index (χ2n) is 5.44. The van der Waals surface area contributed by atoms with Crippen LogP contribution in [0, 0.1) is 5.92 Å². The second kappa shape index (κ2) is 15.5. The van der Waals surface area contributed by atoms with Crippen LogP contribution in [0.5, 0.6) is 0 Å². The van der Waals surface area contributed by atoms with E-state index in [1.807, 2.05) is 26.8 Å². The van der Waals surface area contributed by atoms with E-state index in [1.54, 1.807) is 13.3 Å². The summed E-state index contributed by atoms with van der Waals surface area (Å²) in [5.41, 5.74) is 3.84. The van der Waals surface area contributed by atoms with Crippen molar-refractivity contribution in [3.63, 3.8) is 0 Å². The largest absolute Gasteiger partial charge is 0.306 e. The molecule has 0 saturated carbocycles. The van der Waals surface area contributed by atoms with Gasteiger partial charge in [0.1, 0.15) is 0 Å². The van der Waals surface area contributed by atoms with E-state index in [1.165, 1.54) is 37.1 Å². The number of hydrogen-bond donors (Lipinski definition) is 0. The van der Waals surface area contributed by atoms with Gasteiger partial charge in [0.05, 0.1) is 0 Å². The summed E-state index contributed by atoms with van der Waals surface area (Å²) in [4.78, 5) is 6.02. The number of nitrogens with zero attached hydrogens (tertiary/aromatic N) is 2. The second-order valence-corrected chi connectivity index (χ2v) is 5.44. The number of likely N-dealkylation sites (tertiary alicyclic amines) is 1. The van der Waals surface area contributed by atoms with Gasteiger partial charge in [-0.3, -0.25) is 0 Å². The zero-order chi connectivity index (χ0) is 18.3. The lowest BCUT2D eigenvalue weighted by atomic mass is 9.84. The standard InChI is InChI=1S/C16H25N.C3H7N.C2H6/c1-6-13(3)12-16(14(4)7-2)15-8-10-17(5)11-9-15;1-3-4-2;1-2/h6-7,12,15H,1,3,8-11H2,2,4-5H3;3H,1-2H3;1-2H3/b14-7-,16-12+;;. The lowest BCUT2D eigenvalue weighted by molar-refractivity contribution is 0.239. The van der Waals surface area contributed by atoms with Crippen molar-refractivity contribution in [3.8, 4) is 0 Å². The highest BCUT2D eigenvalue weighted by atomic mass is 15.1. The summed E-state index contributed by atoms with van der Waals surface area (Å²) in [5, 5.41) is 0. The fourth-order valence-corrected chi connectivity index (χ4v) is 2.30. The summed E-state index contributed by atoms with van der Waals surface area (Å²) < 4.78 is 0. The number of rotatable bonds is 4. The summed E-state index contributed by atoms with van der Waals surface area (Å²) in [5.74, 6) is 0.680. The van der Waals surface area contributed by atoms with Gasteiger partial charge in [-0.1, -0.05) is 50.8 Å². The lowest BCUT2D eigenvalue weighted by Crippen LogP contribution is -2.31. The van der Waals surface area contributed by atoms with Gasteiger partial charge < -0.3 is 9.89 Å². The molecule has 1 heterocycles. The lowest BCUT2D eigenvalue weighted by Gasteiger charge is -2.31.